The molecule has 0 saturated carbocycles. The summed E-state index contributed by atoms with van der Waals surface area (Å²) in [6, 6.07) is 20.7. The SMILES string of the molecule is CNCCC(=O)N(C)c1ccc(N=C(c2ccccc2)c2c(O)[nH]c3cc(OC)c(OC)cc23)cc1. The summed E-state index contributed by atoms with van der Waals surface area (Å²) in [6.45, 7) is 0.622. The van der Waals surface area contributed by atoms with Gasteiger partial charge in [-0.1, -0.05) is 30.3 Å². The Labute approximate surface area is 210 Å². The Kier molecular flexibility index (Phi) is 7.56. The highest BCUT2D eigenvalue weighted by molar-refractivity contribution is 6.22. The van der Waals surface area contributed by atoms with Gasteiger partial charge in [0.15, 0.2) is 17.4 Å². The van der Waals surface area contributed by atoms with Crippen molar-refractivity contribution >= 4 is 33.9 Å². The van der Waals surface area contributed by atoms with Gasteiger partial charge in [-0.25, -0.2) is 4.99 Å². The van der Waals surface area contributed by atoms with Crippen LogP contribution in [0.25, 0.3) is 10.9 Å². The first-order valence-corrected chi connectivity index (χ1v) is 11.6. The lowest BCUT2D eigenvalue weighted by molar-refractivity contribution is -0.118. The summed E-state index contributed by atoms with van der Waals surface area (Å²) < 4.78 is 10.9. The molecule has 4 rings (SSSR count). The number of aromatic hydroxyl groups is 1. The second-order valence-electron chi connectivity index (χ2n) is 8.25. The van der Waals surface area contributed by atoms with Crippen molar-refractivity contribution in [1.82, 2.24) is 10.3 Å². The molecule has 0 atom stereocenters. The third-order valence-electron chi connectivity index (χ3n) is 6.01. The monoisotopic (exact) mass is 486 g/mol. The van der Waals surface area contributed by atoms with Gasteiger partial charge in [0, 0.05) is 42.7 Å². The van der Waals surface area contributed by atoms with Gasteiger partial charge in [-0.15, -0.1) is 0 Å². The van der Waals surface area contributed by atoms with Gasteiger partial charge in [0.2, 0.25) is 5.91 Å². The van der Waals surface area contributed by atoms with Crippen molar-refractivity contribution in [3.05, 3.63) is 77.9 Å². The Bertz CT molecular complexity index is 1380. The fourth-order valence-corrected chi connectivity index (χ4v) is 4.03. The van der Waals surface area contributed by atoms with E-state index in [1.807, 2.05) is 67.7 Å². The molecule has 0 spiro atoms. The molecule has 0 bridgehead atoms. The Morgan fingerprint density at radius 3 is 2.33 bits per heavy atom. The van der Waals surface area contributed by atoms with Crippen LogP contribution in [0.1, 0.15) is 17.5 Å². The zero-order valence-electron chi connectivity index (χ0n) is 20.8. The van der Waals surface area contributed by atoms with Crippen LogP contribution in [0, 0.1) is 0 Å². The number of anilines is 1. The van der Waals surface area contributed by atoms with Crippen molar-refractivity contribution in [2.45, 2.75) is 6.42 Å². The predicted octanol–water partition coefficient (Wildman–Crippen LogP) is 4.63. The highest BCUT2D eigenvalue weighted by Crippen LogP contribution is 2.38. The van der Waals surface area contributed by atoms with E-state index in [-0.39, 0.29) is 11.8 Å². The smallest absolute Gasteiger partial charge is 0.227 e. The summed E-state index contributed by atoms with van der Waals surface area (Å²) in [5.41, 5.74) is 4.15. The molecule has 0 saturated heterocycles. The number of fused-ring (bicyclic) bond motifs is 1. The van der Waals surface area contributed by atoms with Crippen LogP contribution >= 0.6 is 0 Å². The van der Waals surface area contributed by atoms with Crippen LogP contribution in [0.5, 0.6) is 17.4 Å². The number of methoxy groups -OCH3 is 2. The molecule has 0 unspecified atom stereocenters. The van der Waals surface area contributed by atoms with E-state index in [0.29, 0.717) is 46.9 Å². The molecular formula is C28H30N4O4. The first-order chi connectivity index (χ1) is 17.5. The van der Waals surface area contributed by atoms with Gasteiger partial charge in [-0.2, -0.15) is 0 Å². The molecule has 1 amide bonds. The van der Waals surface area contributed by atoms with Crippen molar-refractivity contribution in [1.29, 1.82) is 0 Å². The summed E-state index contributed by atoms with van der Waals surface area (Å²) in [6.07, 6.45) is 0.416. The number of hydrogen-bond donors (Lipinski definition) is 3. The van der Waals surface area contributed by atoms with Crippen LogP contribution in [0.15, 0.2) is 71.7 Å². The molecule has 1 aromatic heterocycles. The minimum absolute atomic E-state index is 0.00519. The van der Waals surface area contributed by atoms with Gasteiger partial charge in [-0.05, 0) is 37.4 Å². The Balaban J connectivity index is 1.80. The van der Waals surface area contributed by atoms with Crippen molar-refractivity contribution in [2.75, 3.05) is 39.8 Å². The predicted molar refractivity (Wildman–Crippen MR) is 143 cm³/mol. The van der Waals surface area contributed by atoms with E-state index < -0.39 is 0 Å². The second kappa shape index (κ2) is 11.0. The quantitative estimate of drug-likeness (QED) is 0.300. The summed E-state index contributed by atoms with van der Waals surface area (Å²) in [7, 11) is 6.73. The number of aromatic amines is 1. The fourth-order valence-electron chi connectivity index (χ4n) is 4.03. The van der Waals surface area contributed by atoms with E-state index in [4.69, 9.17) is 14.5 Å². The maximum Gasteiger partial charge on any atom is 0.227 e. The number of ether oxygens (including phenoxy) is 2. The molecular weight excluding hydrogens is 456 g/mol. The fraction of sp³-hybridized carbons (Fsp3) is 0.214. The number of hydrogen-bond acceptors (Lipinski definition) is 6. The number of carbonyl (C=O) groups is 1. The number of aromatic nitrogens is 1. The third-order valence-corrected chi connectivity index (χ3v) is 6.01. The topological polar surface area (TPSA) is 99.2 Å². The van der Waals surface area contributed by atoms with Crippen LogP contribution in [0.2, 0.25) is 0 Å². The van der Waals surface area contributed by atoms with Crippen LogP contribution in [-0.4, -0.2) is 56.6 Å². The summed E-state index contributed by atoms with van der Waals surface area (Å²) in [4.78, 5) is 22.0. The minimum atomic E-state index is -0.00519. The molecule has 186 valence electrons. The lowest BCUT2D eigenvalue weighted by Gasteiger charge is -2.17. The van der Waals surface area contributed by atoms with Crippen LogP contribution in [0.4, 0.5) is 11.4 Å². The maximum absolute atomic E-state index is 12.4. The first-order valence-electron chi connectivity index (χ1n) is 11.6. The van der Waals surface area contributed by atoms with Crippen molar-refractivity contribution in [3.63, 3.8) is 0 Å². The maximum atomic E-state index is 12.4. The lowest BCUT2D eigenvalue weighted by atomic mass is 10.0. The zero-order valence-corrected chi connectivity index (χ0v) is 20.8. The van der Waals surface area contributed by atoms with Crippen molar-refractivity contribution < 1.29 is 19.4 Å². The number of rotatable bonds is 9. The third kappa shape index (κ3) is 5.04. The zero-order chi connectivity index (χ0) is 25.7. The molecule has 1 heterocycles. The average Bonchev–Trinajstić information content (AvgIpc) is 3.24. The van der Waals surface area contributed by atoms with Gasteiger partial charge in [-0.3, -0.25) is 4.79 Å². The molecule has 0 aliphatic heterocycles. The summed E-state index contributed by atoms with van der Waals surface area (Å²) >= 11 is 0. The van der Waals surface area contributed by atoms with E-state index in [2.05, 4.69) is 10.3 Å². The van der Waals surface area contributed by atoms with E-state index >= 15 is 0 Å². The van der Waals surface area contributed by atoms with Crippen LogP contribution in [-0.2, 0) is 4.79 Å². The first kappa shape index (κ1) is 24.8. The molecule has 3 N–H and O–H groups in total. The molecule has 4 aromatic rings. The van der Waals surface area contributed by atoms with Gasteiger partial charge >= 0.3 is 0 Å². The molecule has 8 heteroatoms. The standard InChI is InChI=1S/C28H30N4O4/c1-29-15-14-25(33)32(2)20-12-10-19(11-13-20)30-27(18-8-6-5-7-9-18)26-21-16-23(35-3)24(36-4)17-22(21)31-28(26)34/h5-13,16-17,29,31,34H,14-15H2,1-4H3. The Morgan fingerprint density at radius 2 is 1.69 bits per heavy atom. The number of nitrogens with one attached hydrogen (secondary N) is 2. The molecule has 36 heavy (non-hydrogen) atoms. The van der Waals surface area contributed by atoms with Crippen molar-refractivity contribution in [3.8, 4) is 17.4 Å². The van der Waals surface area contributed by atoms with E-state index in [9.17, 15) is 9.90 Å². The largest absolute Gasteiger partial charge is 0.494 e. The molecule has 0 radical (unpaired) electrons. The molecule has 0 aliphatic rings. The van der Waals surface area contributed by atoms with E-state index in [1.165, 1.54) is 0 Å². The minimum Gasteiger partial charge on any atom is -0.494 e. The summed E-state index contributed by atoms with van der Waals surface area (Å²) in [5, 5.41) is 14.7. The normalized spacial score (nSPS) is 11.5. The number of nitrogens with zero attached hydrogens (tertiary/aromatic N) is 2. The molecule has 3 aromatic carbocycles. The summed E-state index contributed by atoms with van der Waals surface area (Å²) in [5.74, 6) is 1.13. The van der Waals surface area contributed by atoms with E-state index in [1.54, 1.807) is 32.2 Å². The molecule has 8 nitrogen and oxygen atoms in total. The van der Waals surface area contributed by atoms with Crippen LogP contribution < -0.4 is 19.7 Å². The number of carbonyl (C=O) groups excluding carboxylic acids is 1. The van der Waals surface area contributed by atoms with Crippen molar-refractivity contribution in [2.24, 2.45) is 4.99 Å². The number of benzene rings is 3. The van der Waals surface area contributed by atoms with Gasteiger partial charge in [0.05, 0.1) is 36.7 Å². The highest BCUT2D eigenvalue weighted by atomic mass is 16.5. The number of aliphatic imine (C=N–C) groups is 1. The second-order valence-corrected chi connectivity index (χ2v) is 8.25. The van der Waals surface area contributed by atoms with Gasteiger partial charge in [0.25, 0.3) is 0 Å². The molecule has 0 aliphatic carbocycles. The Morgan fingerprint density at radius 1 is 1.03 bits per heavy atom. The lowest BCUT2D eigenvalue weighted by Crippen LogP contribution is -2.28. The van der Waals surface area contributed by atoms with Gasteiger partial charge in [0.1, 0.15) is 0 Å². The van der Waals surface area contributed by atoms with E-state index in [0.717, 1.165) is 16.6 Å². The number of amides is 1. The number of H-pyrrole nitrogens is 1. The van der Waals surface area contributed by atoms with Gasteiger partial charge < -0.3 is 29.8 Å². The molecule has 0 fully saturated rings. The van der Waals surface area contributed by atoms with Crippen LogP contribution in [0.3, 0.4) is 0 Å². The Hall–Kier alpha value is -4.30. The highest BCUT2D eigenvalue weighted by Gasteiger charge is 2.21. The average molecular weight is 487 g/mol.